The lowest BCUT2D eigenvalue weighted by molar-refractivity contribution is 0.593. The summed E-state index contributed by atoms with van der Waals surface area (Å²) in [6.45, 7) is 4.05. The average molecular weight is 268 g/mol. The first-order valence-electron chi connectivity index (χ1n) is 4.98. The Morgan fingerprint density at radius 3 is 2.53 bits per heavy atom. The molecule has 0 saturated carbocycles. The molecular formula is C11H12N2O2S2. The van der Waals surface area contributed by atoms with E-state index in [0.29, 0.717) is 5.69 Å². The molecule has 2 heterocycles. The number of hydrogen-bond donors (Lipinski definition) is 0. The van der Waals surface area contributed by atoms with E-state index in [1.54, 1.807) is 17.4 Å². The Hall–Kier alpha value is -1.27. The van der Waals surface area contributed by atoms with E-state index in [-0.39, 0.29) is 5.16 Å². The topological polar surface area (TPSA) is 59.9 Å². The second-order valence-electron chi connectivity index (χ2n) is 3.85. The quantitative estimate of drug-likeness (QED) is 0.784. The lowest BCUT2D eigenvalue weighted by Gasteiger charge is -1.99. The first-order chi connectivity index (χ1) is 7.88. The van der Waals surface area contributed by atoms with Crippen LogP contribution in [-0.2, 0) is 9.84 Å². The fraction of sp³-hybridized carbons (Fsp3) is 0.273. The van der Waals surface area contributed by atoms with Gasteiger partial charge >= 0.3 is 0 Å². The van der Waals surface area contributed by atoms with Gasteiger partial charge in [0.2, 0.25) is 15.0 Å². The predicted octanol–water partition coefficient (Wildman–Crippen LogP) is 2.23. The van der Waals surface area contributed by atoms with Crippen LogP contribution in [0.25, 0.3) is 10.6 Å². The van der Waals surface area contributed by atoms with Gasteiger partial charge in [0.25, 0.3) is 0 Å². The Morgan fingerprint density at radius 1 is 1.29 bits per heavy atom. The number of thiophene rings is 1. The zero-order valence-corrected chi connectivity index (χ0v) is 11.4. The first-order valence-corrected chi connectivity index (χ1v) is 7.69. The van der Waals surface area contributed by atoms with Crippen molar-refractivity contribution in [3.63, 3.8) is 0 Å². The van der Waals surface area contributed by atoms with Gasteiger partial charge in [-0.15, -0.1) is 11.3 Å². The van der Waals surface area contributed by atoms with Crippen molar-refractivity contribution in [2.45, 2.75) is 19.0 Å². The Bertz CT molecular complexity index is 640. The normalized spacial score (nSPS) is 11.7. The van der Waals surface area contributed by atoms with Crippen molar-refractivity contribution in [1.29, 1.82) is 0 Å². The van der Waals surface area contributed by atoms with Crippen LogP contribution in [0.15, 0.2) is 23.5 Å². The highest BCUT2D eigenvalue weighted by molar-refractivity contribution is 7.90. The summed E-state index contributed by atoms with van der Waals surface area (Å²) in [5, 5.41) is -0.126. The van der Waals surface area contributed by atoms with Crippen molar-refractivity contribution in [2.75, 3.05) is 6.26 Å². The Kier molecular flexibility index (Phi) is 3.01. The largest absolute Gasteiger partial charge is 0.247 e. The molecule has 2 rings (SSSR count). The van der Waals surface area contributed by atoms with E-state index < -0.39 is 9.84 Å². The third-order valence-electron chi connectivity index (χ3n) is 2.38. The second kappa shape index (κ2) is 4.19. The molecule has 2 aromatic heterocycles. The van der Waals surface area contributed by atoms with Gasteiger partial charge < -0.3 is 0 Å². The van der Waals surface area contributed by atoms with Crippen molar-refractivity contribution in [3.05, 3.63) is 28.8 Å². The van der Waals surface area contributed by atoms with Gasteiger partial charge in [-0.25, -0.2) is 18.4 Å². The van der Waals surface area contributed by atoms with E-state index in [9.17, 15) is 8.42 Å². The van der Waals surface area contributed by atoms with Gasteiger partial charge in [0.1, 0.15) is 0 Å². The lowest BCUT2D eigenvalue weighted by Crippen LogP contribution is -2.03. The summed E-state index contributed by atoms with van der Waals surface area (Å²) in [6, 6.07) is 3.73. The van der Waals surface area contributed by atoms with Crippen LogP contribution in [0.3, 0.4) is 0 Å². The number of rotatable bonds is 2. The predicted molar refractivity (Wildman–Crippen MR) is 67.9 cm³/mol. The number of nitrogens with zero attached hydrogens (tertiary/aromatic N) is 2. The zero-order valence-electron chi connectivity index (χ0n) is 9.76. The van der Waals surface area contributed by atoms with Gasteiger partial charge in [-0.2, -0.15) is 0 Å². The minimum Gasteiger partial charge on any atom is -0.227 e. The maximum Gasteiger partial charge on any atom is 0.247 e. The van der Waals surface area contributed by atoms with Crippen molar-refractivity contribution in [3.8, 4) is 10.6 Å². The van der Waals surface area contributed by atoms with Crippen LogP contribution in [0, 0.1) is 13.8 Å². The van der Waals surface area contributed by atoms with Gasteiger partial charge in [-0.1, -0.05) is 0 Å². The molecule has 6 heteroatoms. The van der Waals surface area contributed by atoms with Crippen LogP contribution in [-0.4, -0.2) is 24.6 Å². The molecule has 0 bridgehead atoms. The zero-order chi connectivity index (χ0) is 12.6. The average Bonchev–Trinajstić information content (AvgIpc) is 2.58. The molecule has 0 aliphatic heterocycles. The molecule has 0 aliphatic carbocycles. The first kappa shape index (κ1) is 12.2. The molecule has 0 amide bonds. The van der Waals surface area contributed by atoms with Gasteiger partial charge in [0.05, 0.1) is 10.6 Å². The molecule has 0 atom stereocenters. The van der Waals surface area contributed by atoms with Crippen LogP contribution < -0.4 is 0 Å². The molecule has 0 unspecified atom stereocenters. The maximum absolute atomic E-state index is 11.4. The second-order valence-corrected chi connectivity index (χ2v) is 7.01. The van der Waals surface area contributed by atoms with Gasteiger partial charge in [0.15, 0.2) is 0 Å². The molecule has 90 valence electrons. The summed E-state index contributed by atoms with van der Waals surface area (Å²) in [7, 11) is -3.35. The molecule has 0 spiro atoms. The minimum absolute atomic E-state index is 0.126. The van der Waals surface area contributed by atoms with E-state index >= 15 is 0 Å². The molecule has 0 radical (unpaired) electrons. The van der Waals surface area contributed by atoms with Crippen molar-refractivity contribution >= 4 is 21.2 Å². The Morgan fingerprint density at radius 2 is 2.00 bits per heavy atom. The fourth-order valence-corrected chi connectivity index (χ4v) is 2.88. The van der Waals surface area contributed by atoms with Crippen molar-refractivity contribution in [2.24, 2.45) is 0 Å². The van der Waals surface area contributed by atoms with Crippen LogP contribution in [0.5, 0.6) is 0 Å². The summed E-state index contributed by atoms with van der Waals surface area (Å²) in [5.41, 5.74) is 1.84. The van der Waals surface area contributed by atoms with Crippen LogP contribution >= 0.6 is 11.3 Å². The van der Waals surface area contributed by atoms with Crippen LogP contribution in [0.4, 0.5) is 0 Å². The molecule has 0 aromatic carbocycles. The van der Waals surface area contributed by atoms with Gasteiger partial charge in [-0.3, -0.25) is 0 Å². The molecule has 17 heavy (non-hydrogen) atoms. The summed E-state index contributed by atoms with van der Waals surface area (Å²) in [6.07, 6.45) is 2.58. The van der Waals surface area contributed by atoms with Gasteiger partial charge in [0, 0.05) is 17.3 Å². The Balaban J connectivity index is 2.54. The molecule has 2 aromatic rings. The number of aromatic nitrogens is 2. The highest BCUT2D eigenvalue weighted by Gasteiger charge is 2.13. The monoisotopic (exact) mass is 268 g/mol. The molecule has 0 aliphatic rings. The van der Waals surface area contributed by atoms with E-state index in [1.165, 1.54) is 16.6 Å². The van der Waals surface area contributed by atoms with E-state index in [0.717, 1.165) is 11.1 Å². The van der Waals surface area contributed by atoms with E-state index in [1.807, 2.05) is 19.9 Å². The van der Waals surface area contributed by atoms with Crippen molar-refractivity contribution in [1.82, 2.24) is 9.97 Å². The number of sulfone groups is 1. The van der Waals surface area contributed by atoms with E-state index in [4.69, 9.17) is 0 Å². The van der Waals surface area contributed by atoms with Crippen LogP contribution in [0.2, 0.25) is 0 Å². The highest BCUT2D eigenvalue weighted by atomic mass is 32.2. The number of hydrogen-bond acceptors (Lipinski definition) is 5. The molecule has 0 saturated heterocycles. The smallest absolute Gasteiger partial charge is 0.227 e. The van der Waals surface area contributed by atoms with E-state index in [2.05, 4.69) is 9.97 Å². The van der Waals surface area contributed by atoms with Crippen molar-refractivity contribution < 1.29 is 8.42 Å². The van der Waals surface area contributed by atoms with Gasteiger partial charge in [-0.05, 0) is 31.5 Å². The molecular weight excluding hydrogens is 256 g/mol. The minimum atomic E-state index is -3.35. The third-order valence-corrected chi connectivity index (χ3v) is 4.42. The lowest BCUT2D eigenvalue weighted by atomic mass is 10.2. The fourth-order valence-electron chi connectivity index (χ4n) is 1.36. The number of aryl methyl sites for hydroxylation is 2. The molecule has 0 fully saturated rings. The highest BCUT2D eigenvalue weighted by Crippen LogP contribution is 2.29. The maximum atomic E-state index is 11.4. The molecule has 0 N–H and O–H groups in total. The standard InChI is InChI=1S/C11H12N2O2S2/c1-7-6-10(16-8(7)2)9-4-5-12-11(13-9)17(3,14)15/h4-6H,1-3H3. The summed E-state index contributed by atoms with van der Waals surface area (Å²) in [5.74, 6) is 0. The summed E-state index contributed by atoms with van der Waals surface area (Å²) < 4.78 is 22.7. The Labute approximate surface area is 104 Å². The summed E-state index contributed by atoms with van der Waals surface area (Å²) >= 11 is 1.60. The molecule has 4 nitrogen and oxygen atoms in total. The summed E-state index contributed by atoms with van der Waals surface area (Å²) in [4.78, 5) is 10.0. The third kappa shape index (κ3) is 2.53. The SMILES string of the molecule is Cc1cc(-c2ccnc(S(C)(=O)=O)n2)sc1C. The van der Waals surface area contributed by atoms with Crippen LogP contribution in [0.1, 0.15) is 10.4 Å².